The minimum Gasteiger partial charge on any atom is -0.497 e. The Morgan fingerprint density at radius 2 is 1.75 bits per heavy atom. The van der Waals surface area contributed by atoms with Crippen molar-refractivity contribution in [2.75, 3.05) is 17.7 Å². The van der Waals surface area contributed by atoms with Gasteiger partial charge >= 0.3 is 0 Å². The second-order valence-corrected chi connectivity index (χ2v) is 8.50. The average Bonchev–Trinajstić information content (AvgIpc) is 2.87. The quantitative estimate of drug-likeness (QED) is 0.387. The molecule has 8 nitrogen and oxygen atoms in total. The molecule has 36 heavy (non-hydrogen) atoms. The molecule has 0 radical (unpaired) electrons. The van der Waals surface area contributed by atoms with Gasteiger partial charge in [-0.15, -0.1) is 0 Å². The first-order chi connectivity index (χ1) is 17.3. The topological polar surface area (TPSA) is 102 Å². The number of aryl methyl sites for hydroxylation is 1. The van der Waals surface area contributed by atoms with Crippen LogP contribution in [0.1, 0.15) is 31.9 Å². The summed E-state index contributed by atoms with van der Waals surface area (Å²) in [6.45, 7) is 5.17. The Kier molecular flexibility index (Phi) is 7.15. The number of aromatic nitrogens is 2. The van der Waals surface area contributed by atoms with Gasteiger partial charge in [0.2, 0.25) is 11.8 Å². The average molecular weight is 485 g/mol. The Balaban J connectivity index is 1.87. The third-order valence-corrected chi connectivity index (χ3v) is 5.89. The van der Waals surface area contributed by atoms with E-state index in [0.717, 1.165) is 5.56 Å². The van der Waals surface area contributed by atoms with Crippen LogP contribution in [0.5, 0.6) is 5.75 Å². The van der Waals surface area contributed by atoms with E-state index >= 15 is 0 Å². The summed E-state index contributed by atoms with van der Waals surface area (Å²) in [6, 6.07) is 18.8. The lowest BCUT2D eigenvalue weighted by atomic mass is 10.0. The highest BCUT2D eigenvalue weighted by Crippen LogP contribution is 2.29. The van der Waals surface area contributed by atoms with Crippen molar-refractivity contribution in [3.8, 4) is 17.0 Å². The lowest BCUT2D eigenvalue weighted by Crippen LogP contribution is -2.34. The highest BCUT2D eigenvalue weighted by atomic mass is 16.5. The van der Waals surface area contributed by atoms with E-state index < -0.39 is 11.6 Å². The number of nitrogens with zero attached hydrogens (tertiary/aromatic N) is 2. The predicted molar refractivity (Wildman–Crippen MR) is 141 cm³/mol. The molecule has 1 heterocycles. The number of fused-ring (bicyclic) bond motifs is 1. The van der Waals surface area contributed by atoms with Crippen LogP contribution < -0.4 is 20.9 Å². The number of amides is 2. The van der Waals surface area contributed by atoms with Gasteiger partial charge in [-0.05, 0) is 61.9 Å². The van der Waals surface area contributed by atoms with Crippen LogP contribution in [0.2, 0.25) is 0 Å². The van der Waals surface area contributed by atoms with E-state index in [0.29, 0.717) is 40.1 Å². The van der Waals surface area contributed by atoms with Gasteiger partial charge in [-0.2, -0.15) is 0 Å². The summed E-state index contributed by atoms with van der Waals surface area (Å²) in [5, 5.41) is 5.69. The molecule has 2 N–H and O–H groups in total. The number of methoxy groups -OCH3 is 1. The van der Waals surface area contributed by atoms with Crippen LogP contribution in [0.4, 0.5) is 11.4 Å². The van der Waals surface area contributed by atoms with Gasteiger partial charge in [0.25, 0.3) is 5.56 Å². The normalized spacial score (nSPS) is 11.7. The van der Waals surface area contributed by atoms with Gasteiger partial charge in [0.05, 0.1) is 23.8 Å². The van der Waals surface area contributed by atoms with Crippen molar-refractivity contribution in [2.45, 2.75) is 33.2 Å². The molecule has 0 spiro atoms. The Bertz CT molecular complexity index is 1490. The minimum atomic E-state index is -0.791. The summed E-state index contributed by atoms with van der Waals surface area (Å²) in [6.07, 6.45) is 0.377. The zero-order valence-corrected chi connectivity index (χ0v) is 20.7. The molecular weight excluding hydrogens is 456 g/mol. The lowest BCUT2D eigenvalue weighted by molar-refractivity contribution is -0.119. The molecular formula is C28H28N4O4. The number of anilines is 2. The smallest absolute Gasteiger partial charge is 0.278 e. The van der Waals surface area contributed by atoms with Gasteiger partial charge in [0.1, 0.15) is 17.5 Å². The van der Waals surface area contributed by atoms with Crippen molar-refractivity contribution in [1.29, 1.82) is 0 Å². The molecule has 0 aliphatic carbocycles. The molecule has 1 atom stereocenters. The Labute approximate surface area is 208 Å². The van der Waals surface area contributed by atoms with E-state index in [2.05, 4.69) is 15.6 Å². The lowest BCUT2D eigenvalue weighted by Gasteiger charge is -2.21. The molecule has 4 rings (SSSR count). The number of hydrogen-bond acceptors (Lipinski definition) is 5. The van der Waals surface area contributed by atoms with Crippen molar-refractivity contribution in [1.82, 2.24) is 9.55 Å². The molecule has 184 valence electrons. The van der Waals surface area contributed by atoms with E-state index in [9.17, 15) is 14.4 Å². The fraction of sp³-hybridized carbons (Fsp3) is 0.214. The number of carbonyl (C=O) groups excluding carboxylic acids is 2. The van der Waals surface area contributed by atoms with Crippen molar-refractivity contribution < 1.29 is 14.3 Å². The second-order valence-electron chi connectivity index (χ2n) is 8.50. The minimum absolute atomic E-state index is 0.164. The Morgan fingerprint density at radius 1 is 1.03 bits per heavy atom. The molecule has 0 aliphatic heterocycles. The first-order valence-electron chi connectivity index (χ1n) is 11.7. The summed E-state index contributed by atoms with van der Waals surface area (Å²) >= 11 is 0. The van der Waals surface area contributed by atoms with E-state index in [1.165, 1.54) is 11.5 Å². The van der Waals surface area contributed by atoms with Crippen LogP contribution in [0.3, 0.4) is 0 Å². The fourth-order valence-corrected chi connectivity index (χ4v) is 4.18. The van der Waals surface area contributed by atoms with Gasteiger partial charge in [0, 0.05) is 18.2 Å². The first kappa shape index (κ1) is 24.7. The van der Waals surface area contributed by atoms with Crippen molar-refractivity contribution in [3.05, 3.63) is 82.6 Å². The Morgan fingerprint density at radius 3 is 2.42 bits per heavy atom. The molecule has 0 aliphatic rings. The van der Waals surface area contributed by atoms with E-state index in [1.807, 2.05) is 38.1 Å². The zero-order valence-electron chi connectivity index (χ0n) is 20.7. The van der Waals surface area contributed by atoms with Crippen molar-refractivity contribution in [2.24, 2.45) is 0 Å². The third kappa shape index (κ3) is 4.98. The largest absolute Gasteiger partial charge is 0.497 e. The van der Waals surface area contributed by atoms with Gasteiger partial charge in [0.15, 0.2) is 0 Å². The summed E-state index contributed by atoms with van der Waals surface area (Å²) in [7, 11) is 1.57. The second kappa shape index (κ2) is 10.4. The maximum Gasteiger partial charge on any atom is 0.278 e. The maximum absolute atomic E-state index is 14.0. The standard InChI is InChI=1S/C28H28N4O4/c1-5-24(27(34)30-19-11-13-20(36-4)14-12-19)32-25-9-7-6-8-23(25)31-26(28(32)35)21-16-17(2)10-15-22(21)29-18(3)33/h6-16,24H,5H2,1-4H3,(H,29,33)(H,30,34). The summed E-state index contributed by atoms with van der Waals surface area (Å²) in [4.78, 5) is 43.9. The molecule has 3 aromatic carbocycles. The molecule has 2 amide bonds. The number of rotatable bonds is 7. The van der Waals surface area contributed by atoms with Crippen LogP contribution in [0.25, 0.3) is 22.3 Å². The van der Waals surface area contributed by atoms with Crippen LogP contribution in [-0.2, 0) is 9.59 Å². The molecule has 0 saturated carbocycles. The maximum atomic E-state index is 14.0. The summed E-state index contributed by atoms with van der Waals surface area (Å²) in [5.41, 5.74) is 3.35. The van der Waals surface area contributed by atoms with E-state index in [1.54, 1.807) is 49.6 Å². The monoisotopic (exact) mass is 484 g/mol. The zero-order chi connectivity index (χ0) is 25.8. The van der Waals surface area contributed by atoms with Gasteiger partial charge in [-0.3, -0.25) is 19.0 Å². The molecule has 1 aromatic heterocycles. The number of ether oxygens (including phenoxy) is 1. The number of hydrogen-bond donors (Lipinski definition) is 2. The molecule has 0 saturated heterocycles. The highest BCUT2D eigenvalue weighted by molar-refractivity contribution is 5.96. The Hall–Kier alpha value is -4.46. The summed E-state index contributed by atoms with van der Waals surface area (Å²) < 4.78 is 6.68. The van der Waals surface area contributed by atoms with Gasteiger partial charge < -0.3 is 15.4 Å². The number of benzene rings is 3. The van der Waals surface area contributed by atoms with Crippen LogP contribution >= 0.6 is 0 Å². The molecule has 1 unspecified atom stereocenters. The van der Waals surface area contributed by atoms with Crippen molar-refractivity contribution >= 4 is 34.2 Å². The van der Waals surface area contributed by atoms with Crippen LogP contribution in [0.15, 0.2) is 71.5 Å². The molecule has 0 bridgehead atoms. The predicted octanol–water partition coefficient (Wildman–Crippen LogP) is 4.93. The first-order valence-corrected chi connectivity index (χ1v) is 11.7. The highest BCUT2D eigenvalue weighted by Gasteiger charge is 2.25. The summed E-state index contributed by atoms with van der Waals surface area (Å²) in [5.74, 6) is 0.0964. The third-order valence-electron chi connectivity index (χ3n) is 5.89. The van der Waals surface area contributed by atoms with Gasteiger partial charge in [-0.25, -0.2) is 4.98 Å². The van der Waals surface area contributed by atoms with E-state index in [4.69, 9.17) is 4.74 Å². The van der Waals surface area contributed by atoms with Crippen LogP contribution in [0, 0.1) is 6.92 Å². The van der Waals surface area contributed by atoms with Crippen molar-refractivity contribution in [3.63, 3.8) is 0 Å². The van der Waals surface area contributed by atoms with Gasteiger partial charge in [-0.1, -0.05) is 30.7 Å². The molecule has 0 fully saturated rings. The number of para-hydroxylation sites is 2. The molecule has 8 heteroatoms. The SMILES string of the molecule is CCC(C(=O)Nc1ccc(OC)cc1)n1c(=O)c(-c2cc(C)ccc2NC(C)=O)nc2ccccc21. The number of nitrogens with one attached hydrogen (secondary N) is 2. The van der Waals surface area contributed by atoms with Crippen LogP contribution in [-0.4, -0.2) is 28.5 Å². The number of carbonyl (C=O) groups is 2. The fourth-order valence-electron chi connectivity index (χ4n) is 4.18. The molecule has 4 aromatic rings. The van der Waals surface area contributed by atoms with E-state index in [-0.39, 0.29) is 17.5 Å².